The molecule has 0 bridgehead atoms. The van der Waals surface area contributed by atoms with Crippen LogP contribution in [0.4, 0.5) is 0 Å². The molecule has 82 valence electrons. The van der Waals surface area contributed by atoms with Crippen molar-refractivity contribution in [2.24, 2.45) is 5.92 Å². The van der Waals surface area contributed by atoms with Crippen molar-refractivity contribution in [3.05, 3.63) is 28.8 Å². The molecule has 0 saturated heterocycles. The maximum Gasteiger partial charge on any atom is 0.0622 e. The molecule has 1 aliphatic heterocycles. The molecule has 15 heavy (non-hydrogen) atoms. The number of nitrogens with one attached hydrogen (secondary N) is 1. The molecule has 3 unspecified atom stereocenters. The van der Waals surface area contributed by atoms with Crippen molar-refractivity contribution in [3.8, 4) is 0 Å². The lowest BCUT2D eigenvalue weighted by Gasteiger charge is -2.30. The van der Waals surface area contributed by atoms with E-state index in [1.54, 1.807) is 6.07 Å². The summed E-state index contributed by atoms with van der Waals surface area (Å²) in [4.78, 5) is 0.816. The van der Waals surface area contributed by atoms with Crippen LogP contribution >= 0.6 is 11.6 Å². The second kappa shape index (κ2) is 4.24. The van der Waals surface area contributed by atoms with Gasteiger partial charge >= 0.3 is 0 Å². The highest BCUT2D eigenvalue weighted by molar-refractivity contribution is 7.85. The molecule has 2 nitrogen and oxygen atoms in total. The summed E-state index contributed by atoms with van der Waals surface area (Å²) in [6, 6.07) is 5.99. The van der Waals surface area contributed by atoms with E-state index in [1.165, 1.54) is 0 Å². The van der Waals surface area contributed by atoms with Crippen LogP contribution in [0.2, 0.25) is 5.02 Å². The Morgan fingerprint density at radius 1 is 1.53 bits per heavy atom. The fourth-order valence-corrected chi connectivity index (χ4v) is 4.20. The summed E-state index contributed by atoms with van der Waals surface area (Å²) in [7, 11) is 0.980. The number of benzene rings is 1. The fraction of sp³-hybridized carbons (Fsp3) is 0.455. The summed E-state index contributed by atoms with van der Waals surface area (Å²) >= 11 is 6.09. The van der Waals surface area contributed by atoms with Gasteiger partial charge in [-0.15, -0.1) is 0 Å². The molecule has 0 aliphatic carbocycles. The molecule has 1 aromatic carbocycles. The Balaban J connectivity index is 2.58. The topological polar surface area (TPSA) is 29.1 Å². The van der Waals surface area contributed by atoms with E-state index in [-0.39, 0.29) is 6.04 Å². The molecular formula is C11H14ClNOS. The molecule has 0 radical (unpaired) electrons. The van der Waals surface area contributed by atoms with Crippen LogP contribution < -0.4 is 5.32 Å². The van der Waals surface area contributed by atoms with Crippen LogP contribution in [0.15, 0.2) is 23.1 Å². The maximum absolute atomic E-state index is 12.0. The molecule has 0 aromatic heterocycles. The molecule has 0 spiro atoms. The normalized spacial score (nSPS) is 29.9. The molecule has 4 heteroatoms. The Hall–Kier alpha value is -0.380. The first kappa shape index (κ1) is 11.1. The van der Waals surface area contributed by atoms with E-state index in [9.17, 15) is 4.21 Å². The maximum atomic E-state index is 12.0. The summed E-state index contributed by atoms with van der Waals surface area (Å²) in [5.74, 6) is 1.06. The zero-order chi connectivity index (χ0) is 11.0. The zero-order valence-electron chi connectivity index (χ0n) is 8.79. The number of rotatable bonds is 1. The highest BCUT2D eigenvalue weighted by atomic mass is 35.5. The molecule has 1 heterocycles. The Kier molecular flexibility index (Phi) is 3.14. The Morgan fingerprint density at radius 3 is 2.93 bits per heavy atom. The van der Waals surface area contributed by atoms with Gasteiger partial charge in [0.1, 0.15) is 0 Å². The van der Waals surface area contributed by atoms with Gasteiger partial charge in [-0.1, -0.05) is 30.7 Å². The third-order valence-electron chi connectivity index (χ3n) is 2.85. The van der Waals surface area contributed by atoms with Crippen molar-refractivity contribution in [2.75, 3.05) is 12.8 Å². The van der Waals surface area contributed by atoms with Crippen molar-refractivity contribution in [2.45, 2.75) is 17.9 Å². The lowest BCUT2D eigenvalue weighted by Crippen LogP contribution is -2.32. The van der Waals surface area contributed by atoms with Crippen LogP contribution in [0.25, 0.3) is 0 Å². The average molecular weight is 244 g/mol. The van der Waals surface area contributed by atoms with Gasteiger partial charge in [0.2, 0.25) is 0 Å². The fourth-order valence-electron chi connectivity index (χ4n) is 2.18. The minimum absolute atomic E-state index is 0.261. The Bertz CT molecular complexity index is 408. The van der Waals surface area contributed by atoms with Crippen LogP contribution in [-0.4, -0.2) is 17.0 Å². The minimum Gasteiger partial charge on any atom is -0.313 e. The van der Waals surface area contributed by atoms with Crippen LogP contribution in [0, 0.1) is 5.92 Å². The van der Waals surface area contributed by atoms with Crippen LogP contribution in [0.5, 0.6) is 0 Å². The summed E-state index contributed by atoms with van der Waals surface area (Å²) in [6.07, 6.45) is 0. The molecule has 1 N–H and O–H groups in total. The average Bonchev–Trinajstić information content (AvgIpc) is 2.17. The predicted molar refractivity (Wildman–Crippen MR) is 63.7 cm³/mol. The Morgan fingerprint density at radius 2 is 2.27 bits per heavy atom. The first-order valence-electron chi connectivity index (χ1n) is 4.99. The number of hydrogen-bond donors (Lipinski definition) is 1. The first-order chi connectivity index (χ1) is 7.15. The van der Waals surface area contributed by atoms with E-state index >= 15 is 0 Å². The summed E-state index contributed by atoms with van der Waals surface area (Å²) in [6.45, 7) is 2.11. The Labute approximate surface area is 97.5 Å². The zero-order valence-corrected chi connectivity index (χ0v) is 10.4. The van der Waals surface area contributed by atoms with E-state index in [1.807, 2.05) is 19.2 Å². The number of hydrogen-bond acceptors (Lipinski definition) is 2. The molecular weight excluding hydrogens is 230 g/mol. The molecule has 2 rings (SSSR count). The third kappa shape index (κ3) is 1.84. The number of halogens is 1. The van der Waals surface area contributed by atoms with Crippen LogP contribution in [0.3, 0.4) is 0 Å². The van der Waals surface area contributed by atoms with Crippen molar-refractivity contribution in [3.63, 3.8) is 0 Å². The third-order valence-corrected chi connectivity index (χ3v) is 5.02. The summed E-state index contributed by atoms with van der Waals surface area (Å²) in [5.41, 5.74) is 1.09. The smallest absolute Gasteiger partial charge is 0.0622 e. The van der Waals surface area contributed by atoms with Crippen molar-refractivity contribution >= 4 is 22.4 Å². The van der Waals surface area contributed by atoms with Crippen LogP contribution in [-0.2, 0) is 10.8 Å². The molecule has 0 saturated carbocycles. The lowest BCUT2D eigenvalue weighted by atomic mass is 9.95. The van der Waals surface area contributed by atoms with E-state index < -0.39 is 10.8 Å². The first-order valence-corrected chi connectivity index (χ1v) is 6.69. The van der Waals surface area contributed by atoms with Gasteiger partial charge in [-0.2, -0.15) is 0 Å². The van der Waals surface area contributed by atoms with Gasteiger partial charge in [-0.3, -0.25) is 4.21 Å². The van der Waals surface area contributed by atoms with Crippen LogP contribution in [0.1, 0.15) is 18.5 Å². The SMILES string of the molecule is CNC1c2cccc(Cl)c2S(=O)CC1C. The van der Waals surface area contributed by atoms with Gasteiger partial charge in [0.15, 0.2) is 0 Å². The second-order valence-corrected chi connectivity index (χ2v) is 5.75. The number of fused-ring (bicyclic) bond motifs is 1. The van der Waals surface area contributed by atoms with Crippen molar-refractivity contribution in [1.82, 2.24) is 5.32 Å². The highest BCUT2D eigenvalue weighted by Crippen LogP contribution is 2.37. The molecule has 3 atom stereocenters. The van der Waals surface area contributed by atoms with E-state index in [4.69, 9.17) is 11.6 Å². The summed E-state index contributed by atoms with van der Waals surface area (Å²) < 4.78 is 12.0. The lowest BCUT2D eigenvalue weighted by molar-refractivity contribution is 0.431. The largest absolute Gasteiger partial charge is 0.313 e. The van der Waals surface area contributed by atoms with Crippen molar-refractivity contribution < 1.29 is 4.21 Å². The summed E-state index contributed by atoms with van der Waals surface area (Å²) in [5, 5.41) is 3.89. The molecule has 0 fully saturated rings. The van der Waals surface area contributed by atoms with Gasteiger partial charge in [-0.05, 0) is 24.6 Å². The second-order valence-electron chi connectivity index (χ2n) is 3.91. The van der Waals surface area contributed by atoms with E-state index in [2.05, 4.69) is 12.2 Å². The highest BCUT2D eigenvalue weighted by Gasteiger charge is 2.30. The standard InChI is InChI=1S/C11H14ClNOS/c1-7-6-15(14)11-8(10(7)13-2)4-3-5-9(11)12/h3-5,7,10,13H,6H2,1-2H3. The van der Waals surface area contributed by atoms with Gasteiger partial charge in [0.05, 0.1) is 20.7 Å². The molecule has 1 aliphatic rings. The quantitative estimate of drug-likeness (QED) is 0.821. The van der Waals surface area contributed by atoms with Gasteiger partial charge < -0.3 is 5.32 Å². The van der Waals surface area contributed by atoms with E-state index in [0.717, 1.165) is 10.5 Å². The molecule has 1 aromatic rings. The molecule has 0 amide bonds. The van der Waals surface area contributed by atoms with E-state index in [0.29, 0.717) is 16.7 Å². The van der Waals surface area contributed by atoms with Gasteiger partial charge in [0, 0.05) is 11.8 Å². The van der Waals surface area contributed by atoms with Gasteiger partial charge in [-0.25, -0.2) is 0 Å². The van der Waals surface area contributed by atoms with Gasteiger partial charge in [0.25, 0.3) is 0 Å². The predicted octanol–water partition coefficient (Wildman–Crippen LogP) is 2.36. The monoisotopic (exact) mass is 243 g/mol. The minimum atomic E-state index is -0.951. The van der Waals surface area contributed by atoms with Crippen molar-refractivity contribution in [1.29, 1.82) is 0 Å².